The number of carbonyl (C=O) groups excluding carboxylic acids is 2. The van der Waals surface area contributed by atoms with Crippen LogP contribution < -0.4 is 16.4 Å². The second kappa shape index (κ2) is 11.4. The summed E-state index contributed by atoms with van der Waals surface area (Å²) in [6.45, 7) is 2.81. The maximum absolute atomic E-state index is 14.1. The molecule has 0 aromatic rings. The highest BCUT2D eigenvalue weighted by atomic mass is 32.2. The van der Waals surface area contributed by atoms with Crippen LogP contribution in [0.1, 0.15) is 19.3 Å². The zero-order valence-corrected chi connectivity index (χ0v) is 18.3. The Morgan fingerprint density at radius 2 is 2.30 bits per heavy atom. The fraction of sp³-hybridized carbons (Fsp3) is 0.684. The third kappa shape index (κ3) is 7.44. The highest BCUT2D eigenvalue weighted by Crippen LogP contribution is 2.30. The van der Waals surface area contributed by atoms with Crippen LogP contribution in [-0.2, 0) is 14.3 Å². The number of alkyl halides is 1. The van der Waals surface area contributed by atoms with E-state index in [1.807, 2.05) is 5.41 Å². The van der Waals surface area contributed by atoms with Crippen LogP contribution in [-0.4, -0.2) is 72.2 Å². The lowest BCUT2D eigenvalue weighted by Crippen LogP contribution is -2.49. The smallest absolute Gasteiger partial charge is 0.230 e. The summed E-state index contributed by atoms with van der Waals surface area (Å²) in [5, 5.41) is 7.89. The number of nitrogens with one attached hydrogen (secondary N) is 2. The molecule has 11 heteroatoms. The monoisotopic (exact) mass is 462 g/mol. The fourth-order valence-corrected chi connectivity index (χ4v) is 5.59. The number of hydrogen-bond donors (Lipinski definition) is 3. The van der Waals surface area contributed by atoms with Crippen molar-refractivity contribution >= 4 is 35.3 Å². The van der Waals surface area contributed by atoms with Crippen LogP contribution in [0.15, 0.2) is 23.0 Å². The minimum Gasteiger partial charge on any atom is -0.374 e. The van der Waals surface area contributed by atoms with Crippen molar-refractivity contribution in [1.29, 1.82) is 0 Å². The molecular formula is C19H28F2N4O3S2. The van der Waals surface area contributed by atoms with Crippen LogP contribution in [0.5, 0.6) is 0 Å². The van der Waals surface area contributed by atoms with Crippen molar-refractivity contribution in [3.63, 3.8) is 0 Å². The van der Waals surface area contributed by atoms with Crippen molar-refractivity contribution in [2.24, 2.45) is 11.7 Å². The predicted molar refractivity (Wildman–Crippen MR) is 115 cm³/mol. The molecular weight excluding hydrogens is 434 g/mol. The highest BCUT2D eigenvalue weighted by Gasteiger charge is 2.30. The summed E-state index contributed by atoms with van der Waals surface area (Å²) in [6.07, 6.45) is 0.658. The van der Waals surface area contributed by atoms with Crippen molar-refractivity contribution < 1.29 is 23.1 Å². The molecule has 1 fully saturated rings. The number of allylic oxidation sites excluding steroid dienone is 2. The molecule has 1 aliphatic carbocycles. The molecule has 1 saturated heterocycles. The summed E-state index contributed by atoms with van der Waals surface area (Å²) in [4.78, 5) is 25.2. The summed E-state index contributed by atoms with van der Waals surface area (Å²) in [6, 6.07) is 0. The van der Waals surface area contributed by atoms with Gasteiger partial charge in [-0.05, 0) is 11.8 Å². The SMILES string of the molecule is NC(=O)CC1=CSC(SCC(=O)NC[C@H]2CN(CC3CC=C(F)CC3F)CCO2)N1. The highest BCUT2D eigenvalue weighted by molar-refractivity contribution is 8.18. The van der Waals surface area contributed by atoms with Crippen molar-refractivity contribution in [1.82, 2.24) is 15.5 Å². The van der Waals surface area contributed by atoms with E-state index in [0.29, 0.717) is 39.2 Å². The number of morpholine rings is 1. The zero-order valence-electron chi connectivity index (χ0n) is 16.6. The molecule has 4 N–H and O–H groups in total. The number of halogens is 2. The van der Waals surface area contributed by atoms with Crippen LogP contribution in [0, 0.1) is 5.92 Å². The van der Waals surface area contributed by atoms with E-state index in [2.05, 4.69) is 15.5 Å². The van der Waals surface area contributed by atoms with E-state index in [0.717, 1.165) is 5.70 Å². The summed E-state index contributed by atoms with van der Waals surface area (Å²) >= 11 is 2.95. The molecule has 3 aliphatic rings. The van der Waals surface area contributed by atoms with Gasteiger partial charge in [0, 0.05) is 44.2 Å². The zero-order chi connectivity index (χ0) is 21.5. The molecule has 4 atom stereocenters. The van der Waals surface area contributed by atoms with Gasteiger partial charge in [-0.1, -0.05) is 17.8 Å². The van der Waals surface area contributed by atoms with Gasteiger partial charge < -0.3 is 21.1 Å². The fourth-order valence-electron chi connectivity index (χ4n) is 3.61. The van der Waals surface area contributed by atoms with Gasteiger partial charge >= 0.3 is 0 Å². The normalized spacial score (nSPS) is 29.7. The number of primary amides is 1. The number of amides is 2. The number of carbonyl (C=O) groups is 2. The van der Waals surface area contributed by atoms with Gasteiger partial charge in [0.25, 0.3) is 0 Å². The molecule has 7 nitrogen and oxygen atoms in total. The van der Waals surface area contributed by atoms with Crippen LogP contribution >= 0.6 is 23.5 Å². The lowest BCUT2D eigenvalue weighted by Gasteiger charge is -2.36. The van der Waals surface area contributed by atoms with E-state index >= 15 is 0 Å². The van der Waals surface area contributed by atoms with Gasteiger partial charge in [0.1, 0.15) is 10.9 Å². The topological polar surface area (TPSA) is 96.7 Å². The Morgan fingerprint density at radius 3 is 3.07 bits per heavy atom. The summed E-state index contributed by atoms with van der Waals surface area (Å²) in [5.41, 5.74) is 5.94. The summed E-state index contributed by atoms with van der Waals surface area (Å²) in [5.74, 6) is -0.761. The molecule has 2 heterocycles. The van der Waals surface area contributed by atoms with E-state index in [1.165, 1.54) is 29.6 Å². The number of hydrogen-bond acceptors (Lipinski definition) is 7. The number of thioether (sulfide) groups is 2. The lowest BCUT2D eigenvalue weighted by atomic mass is 9.91. The first-order valence-corrected chi connectivity index (χ1v) is 12.0. The molecule has 2 amide bonds. The van der Waals surface area contributed by atoms with Crippen molar-refractivity contribution in [2.45, 2.75) is 36.2 Å². The standard InChI is InChI=1S/C19H28F2N4O3S2/c20-13-2-1-12(16(21)5-13)8-25-3-4-28-15(9-25)7-23-18(27)11-30-19-24-14(10-29-19)6-17(22)26/h2,10,12,15-16,19,24H,1,3-9,11H2,(H2,22,26)(H,23,27)/t12?,15-,16?,19?/m0/s1. The number of nitrogens with zero attached hydrogens (tertiary/aromatic N) is 1. The molecule has 2 aliphatic heterocycles. The second-order valence-corrected chi connectivity index (χ2v) is 10.0. The Balaban J connectivity index is 1.32. The molecule has 0 saturated carbocycles. The van der Waals surface area contributed by atoms with Gasteiger partial charge in [-0.15, -0.1) is 11.8 Å². The molecule has 3 rings (SSSR count). The third-order valence-corrected chi connectivity index (χ3v) is 7.53. The lowest BCUT2D eigenvalue weighted by molar-refractivity contribution is -0.120. The van der Waals surface area contributed by atoms with E-state index in [1.54, 1.807) is 0 Å². The van der Waals surface area contributed by atoms with Crippen molar-refractivity contribution in [3.05, 3.63) is 23.0 Å². The maximum Gasteiger partial charge on any atom is 0.230 e. The Hall–Kier alpha value is -1.30. The quantitative estimate of drug-likeness (QED) is 0.478. The van der Waals surface area contributed by atoms with Gasteiger partial charge in [-0.25, -0.2) is 8.78 Å². The average Bonchev–Trinajstić information content (AvgIpc) is 3.14. The molecule has 30 heavy (non-hydrogen) atoms. The van der Waals surface area contributed by atoms with Crippen LogP contribution in [0.4, 0.5) is 8.78 Å². The van der Waals surface area contributed by atoms with Crippen LogP contribution in [0.25, 0.3) is 0 Å². The van der Waals surface area contributed by atoms with Gasteiger partial charge in [-0.2, -0.15) is 0 Å². The van der Waals surface area contributed by atoms with Gasteiger partial charge in [0.15, 0.2) is 0 Å². The minimum absolute atomic E-state index is 0.0189. The number of ether oxygens (including phenoxy) is 1. The van der Waals surface area contributed by atoms with Gasteiger partial charge in [0.2, 0.25) is 11.8 Å². The van der Waals surface area contributed by atoms with Gasteiger partial charge in [-0.3, -0.25) is 14.5 Å². The van der Waals surface area contributed by atoms with Gasteiger partial charge in [0.05, 0.1) is 30.7 Å². The molecule has 0 aromatic heterocycles. The van der Waals surface area contributed by atoms with Crippen LogP contribution in [0.2, 0.25) is 0 Å². The third-order valence-electron chi connectivity index (χ3n) is 5.15. The van der Waals surface area contributed by atoms with Crippen LogP contribution in [0.3, 0.4) is 0 Å². The predicted octanol–water partition coefficient (Wildman–Crippen LogP) is 1.47. The number of nitrogens with two attached hydrogens (primary N) is 1. The molecule has 0 aromatic carbocycles. The average molecular weight is 463 g/mol. The molecule has 0 bridgehead atoms. The summed E-state index contributed by atoms with van der Waals surface area (Å²) in [7, 11) is 0. The first-order valence-electron chi connectivity index (χ1n) is 9.99. The molecule has 3 unspecified atom stereocenters. The minimum atomic E-state index is -1.15. The van der Waals surface area contributed by atoms with E-state index in [-0.39, 0.29) is 47.1 Å². The van der Waals surface area contributed by atoms with E-state index in [4.69, 9.17) is 10.5 Å². The second-order valence-electron chi connectivity index (χ2n) is 7.63. The summed E-state index contributed by atoms with van der Waals surface area (Å²) < 4.78 is 33.0. The van der Waals surface area contributed by atoms with Crippen molar-refractivity contribution in [3.8, 4) is 0 Å². The maximum atomic E-state index is 14.1. The van der Waals surface area contributed by atoms with E-state index < -0.39 is 12.1 Å². The first kappa shape index (κ1) is 23.4. The van der Waals surface area contributed by atoms with E-state index in [9.17, 15) is 18.4 Å². The number of rotatable bonds is 9. The Kier molecular flexibility index (Phi) is 8.84. The Morgan fingerprint density at radius 1 is 1.47 bits per heavy atom. The molecule has 0 spiro atoms. The molecule has 0 radical (unpaired) electrons. The molecule has 168 valence electrons. The van der Waals surface area contributed by atoms with Crippen molar-refractivity contribution in [2.75, 3.05) is 38.5 Å². The first-order chi connectivity index (χ1) is 14.4. The largest absolute Gasteiger partial charge is 0.374 e. The Bertz CT molecular complexity index is 695. The Labute approximate surface area is 183 Å².